The molecule has 162 valence electrons. The largest absolute Gasteiger partial charge is 0.336 e. The van der Waals surface area contributed by atoms with E-state index in [-0.39, 0.29) is 17.2 Å². The number of nitrogens with zero attached hydrogens (tertiary/aromatic N) is 5. The summed E-state index contributed by atoms with van der Waals surface area (Å²) in [7, 11) is 0. The molecule has 2 aromatic heterocycles. The number of hydrogen-bond donors (Lipinski definition) is 1. The first-order valence-electron chi connectivity index (χ1n) is 11.3. The van der Waals surface area contributed by atoms with Crippen LogP contribution >= 0.6 is 0 Å². The van der Waals surface area contributed by atoms with E-state index in [4.69, 9.17) is 0 Å². The Labute approximate surface area is 182 Å². The molecule has 0 bridgehead atoms. The molecule has 1 amide bonds. The van der Waals surface area contributed by atoms with Gasteiger partial charge in [-0.1, -0.05) is 25.0 Å². The van der Waals surface area contributed by atoms with Crippen LogP contribution in [0.4, 0.5) is 0 Å². The van der Waals surface area contributed by atoms with Crippen LogP contribution in [0.3, 0.4) is 0 Å². The molecule has 1 aromatic carbocycles. The highest BCUT2D eigenvalue weighted by atomic mass is 16.2. The number of aromatic amines is 1. The molecule has 2 aliphatic rings. The molecule has 1 saturated heterocycles. The lowest BCUT2D eigenvalue weighted by atomic mass is 9.76. The van der Waals surface area contributed by atoms with Crippen LogP contribution in [-0.4, -0.2) is 48.9 Å². The second-order valence-electron chi connectivity index (χ2n) is 9.25. The standard InChI is InChI=1S/C24H30N6O/c1-4-29-15-25-28-22(29)19-13-30(14-24(19)9-5-6-10-24)23(31)21-12-20(26-27-21)18-8-7-16(2)17(3)11-18/h7-8,11-12,15,19H,4-6,9-10,13-14H2,1-3H3,(H,26,27). The van der Waals surface area contributed by atoms with E-state index in [9.17, 15) is 4.79 Å². The molecule has 0 radical (unpaired) electrons. The van der Waals surface area contributed by atoms with Gasteiger partial charge in [0, 0.05) is 31.1 Å². The summed E-state index contributed by atoms with van der Waals surface area (Å²) in [6, 6.07) is 8.16. The number of carbonyl (C=O) groups is 1. The lowest BCUT2D eigenvalue weighted by molar-refractivity contribution is 0.0767. The molecule has 7 heteroatoms. The predicted molar refractivity (Wildman–Crippen MR) is 119 cm³/mol. The van der Waals surface area contributed by atoms with E-state index < -0.39 is 0 Å². The summed E-state index contributed by atoms with van der Waals surface area (Å²) < 4.78 is 2.13. The summed E-state index contributed by atoms with van der Waals surface area (Å²) in [6.07, 6.45) is 6.55. The third-order valence-electron chi connectivity index (χ3n) is 7.44. The first kappa shape index (κ1) is 20.0. The zero-order valence-corrected chi connectivity index (χ0v) is 18.6. The van der Waals surface area contributed by atoms with E-state index in [0.717, 1.165) is 43.0 Å². The van der Waals surface area contributed by atoms with Gasteiger partial charge < -0.3 is 9.47 Å². The zero-order valence-electron chi connectivity index (χ0n) is 18.6. The molecule has 1 spiro atoms. The molecule has 1 aliphatic carbocycles. The molecule has 1 N–H and O–H groups in total. The SMILES string of the molecule is CCn1cnnc1C1CN(C(=O)c2cc(-c3ccc(C)c(C)c3)n[nH]2)CC12CCCC2. The smallest absolute Gasteiger partial charge is 0.271 e. The Morgan fingerprint density at radius 2 is 2.00 bits per heavy atom. The van der Waals surface area contributed by atoms with Crippen LogP contribution in [0.15, 0.2) is 30.6 Å². The van der Waals surface area contributed by atoms with Crippen molar-refractivity contribution in [3.8, 4) is 11.3 Å². The highest BCUT2D eigenvalue weighted by Gasteiger charge is 2.51. The average molecular weight is 419 g/mol. The Balaban J connectivity index is 1.41. The van der Waals surface area contributed by atoms with Gasteiger partial charge in [-0.2, -0.15) is 5.10 Å². The fraction of sp³-hybridized carbons (Fsp3) is 0.500. The number of aryl methyl sites for hydroxylation is 3. The molecule has 1 aliphatic heterocycles. The third kappa shape index (κ3) is 3.36. The number of aromatic nitrogens is 5. The molecule has 3 heterocycles. The lowest BCUT2D eigenvalue weighted by Crippen LogP contribution is -2.31. The molecular formula is C24H30N6O. The molecule has 1 atom stereocenters. The van der Waals surface area contributed by atoms with Gasteiger partial charge in [0.25, 0.3) is 5.91 Å². The molecule has 1 saturated carbocycles. The van der Waals surface area contributed by atoms with Gasteiger partial charge in [0.05, 0.1) is 5.69 Å². The lowest BCUT2D eigenvalue weighted by Gasteiger charge is -2.29. The van der Waals surface area contributed by atoms with Gasteiger partial charge in [0.1, 0.15) is 17.8 Å². The van der Waals surface area contributed by atoms with Crippen molar-refractivity contribution in [2.75, 3.05) is 13.1 Å². The number of rotatable bonds is 4. The fourth-order valence-electron chi connectivity index (χ4n) is 5.49. The van der Waals surface area contributed by atoms with E-state index in [1.54, 1.807) is 0 Å². The van der Waals surface area contributed by atoms with Gasteiger partial charge in [-0.25, -0.2) is 0 Å². The van der Waals surface area contributed by atoms with Crippen molar-refractivity contribution in [3.63, 3.8) is 0 Å². The van der Waals surface area contributed by atoms with Crippen LogP contribution in [0.5, 0.6) is 0 Å². The number of likely N-dealkylation sites (tertiary alicyclic amines) is 1. The molecule has 31 heavy (non-hydrogen) atoms. The number of carbonyl (C=O) groups excluding carboxylic acids is 1. The summed E-state index contributed by atoms with van der Waals surface area (Å²) in [6.45, 7) is 8.63. The van der Waals surface area contributed by atoms with E-state index >= 15 is 0 Å². The van der Waals surface area contributed by atoms with Crippen molar-refractivity contribution in [2.24, 2.45) is 5.41 Å². The van der Waals surface area contributed by atoms with Crippen molar-refractivity contribution < 1.29 is 4.79 Å². The van der Waals surface area contributed by atoms with Crippen molar-refractivity contribution in [3.05, 3.63) is 53.2 Å². The van der Waals surface area contributed by atoms with Crippen LogP contribution in [0.25, 0.3) is 11.3 Å². The molecule has 3 aromatic rings. The zero-order chi connectivity index (χ0) is 21.6. The van der Waals surface area contributed by atoms with Crippen molar-refractivity contribution >= 4 is 5.91 Å². The highest BCUT2D eigenvalue weighted by Crippen LogP contribution is 2.53. The highest BCUT2D eigenvalue weighted by molar-refractivity contribution is 5.93. The normalized spacial score (nSPS) is 20.1. The second-order valence-corrected chi connectivity index (χ2v) is 9.25. The predicted octanol–water partition coefficient (Wildman–Crippen LogP) is 4.10. The van der Waals surface area contributed by atoms with Crippen LogP contribution < -0.4 is 0 Å². The maximum Gasteiger partial charge on any atom is 0.271 e. The Hall–Kier alpha value is -2.96. The van der Waals surface area contributed by atoms with Crippen molar-refractivity contribution in [1.29, 1.82) is 0 Å². The topological polar surface area (TPSA) is 79.7 Å². The van der Waals surface area contributed by atoms with Gasteiger partial charge in [-0.3, -0.25) is 9.89 Å². The molecule has 2 fully saturated rings. The minimum atomic E-state index is 0.0268. The second kappa shape index (κ2) is 7.62. The van der Waals surface area contributed by atoms with Crippen molar-refractivity contribution in [2.45, 2.75) is 58.9 Å². The molecule has 5 rings (SSSR count). The summed E-state index contributed by atoms with van der Waals surface area (Å²) >= 11 is 0. The Kier molecular flexibility index (Phi) is 4.91. The maximum atomic E-state index is 13.4. The fourth-order valence-corrected chi connectivity index (χ4v) is 5.49. The quantitative estimate of drug-likeness (QED) is 0.692. The van der Waals surface area contributed by atoms with E-state index in [2.05, 4.69) is 63.9 Å². The van der Waals surface area contributed by atoms with Crippen molar-refractivity contribution in [1.82, 2.24) is 29.9 Å². The summed E-state index contributed by atoms with van der Waals surface area (Å²) in [4.78, 5) is 15.4. The number of H-pyrrole nitrogens is 1. The summed E-state index contributed by atoms with van der Waals surface area (Å²) in [5.41, 5.74) is 4.98. The minimum absolute atomic E-state index is 0.0268. The first-order chi connectivity index (χ1) is 15.0. The number of amides is 1. The average Bonchev–Trinajstić information content (AvgIpc) is 3.57. The summed E-state index contributed by atoms with van der Waals surface area (Å²) in [5, 5.41) is 16.1. The molecular weight excluding hydrogens is 388 g/mol. The third-order valence-corrected chi connectivity index (χ3v) is 7.44. The summed E-state index contributed by atoms with van der Waals surface area (Å²) in [5.74, 6) is 1.29. The van der Waals surface area contributed by atoms with Crippen LogP contribution in [0.2, 0.25) is 0 Å². The molecule has 1 unspecified atom stereocenters. The van der Waals surface area contributed by atoms with Gasteiger partial charge in [-0.15, -0.1) is 10.2 Å². The number of hydrogen-bond acceptors (Lipinski definition) is 4. The maximum absolute atomic E-state index is 13.4. The molecule has 7 nitrogen and oxygen atoms in total. The van der Waals surface area contributed by atoms with Crippen LogP contribution in [-0.2, 0) is 6.54 Å². The number of benzene rings is 1. The Morgan fingerprint density at radius 3 is 2.74 bits per heavy atom. The van der Waals surface area contributed by atoms with Gasteiger partial charge >= 0.3 is 0 Å². The Morgan fingerprint density at radius 1 is 1.19 bits per heavy atom. The van der Waals surface area contributed by atoms with Crippen LogP contribution in [0.1, 0.15) is 66.0 Å². The van der Waals surface area contributed by atoms with Gasteiger partial charge in [0.2, 0.25) is 0 Å². The van der Waals surface area contributed by atoms with Gasteiger partial charge in [-0.05, 0) is 62.3 Å². The van der Waals surface area contributed by atoms with Gasteiger partial charge in [0.15, 0.2) is 0 Å². The Bertz CT molecular complexity index is 1110. The van der Waals surface area contributed by atoms with Crippen LogP contribution in [0, 0.1) is 19.3 Å². The monoisotopic (exact) mass is 418 g/mol. The van der Waals surface area contributed by atoms with E-state index in [1.165, 1.54) is 24.0 Å². The van der Waals surface area contributed by atoms with E-state index in [1.807, 2.05) is 17.3 Å². The first-order valence-corrected chi connectivity index (χ1v) is 11.3. The van der Waals surface area contributed by atoms with E-state index in [0.29, 0.717) is 12.2 Å². The minimum Gasteiger partial charge on any atom is -0.336 e. The number of nitrogens with one attached hydrogen (secondary N) is 1.